The van der Waals surface area contributed by atoms with Gasteiger partial charge < -0.3 is 10.6 Å². The van der Waals surface area contributed by atoms with Gasteiger partial charge in [-0.2, -0.15) is 5.10 Å². The van der Waals surface area contributed by atoms with Crippen LogP contribution in [0.4, 0.5) is 17.1 Å². The van der Waals surface area contributed by atoms with Crippen LogP contribution in [-0.4, -0.2) is 36.3 Å². The summed E-state index contributed by atoms with van der Waals surface area (Å²) in [6, 6.07) is 13.4. The van der Waals surface area contributed by atoms with Crippen LogP contribution in [0.1, 0.15) is 22.8 Å². The Balaban J connectivity index is 1.81. The van der Waals surface area contributed by atoms with Crippen LogP contribution in [-0.2, 0) is 21.4 Å². The average Bonchev–Trinajstić information content (AvgIpc) is 3.16. The maximum absolute atomic E-state index is 12.8. The number of hydrogen-bond donors (Lipinski definition) is 3. The van der Waals surface area contributed by atoms with Gasteiger partial charge in [-0.15, -0.1) is 0 Å². The van der Waals surface area contributed by atoms with Gasteiger partial charge in [0.15, 0.2) is 0 Å². The minimum Gasteiger partial charge on any atom is -0.326 e. The number of carbonyl (C=O) groups is 2. The molecule has 0 unspecified atom stereocenters. The standard InChI is InChI=1S/C20H21N5O4S/c1-14(26)22-17-8-9-19(24-30(2,28)29)18(12-17)20(27)23-16-6-4-15(5-7-16)13-25-11-3-10-21-25/h3-12,24H,13H2,1-2H3,(H,22,26)(H,23,27). The molecule has 10 heteroatoms. The molecule has 0 fully saturated rings. The Morgan fingerprint density at radius 1 is 1.03 bits per heavy atom. The summed E-state index contributed by atoms with van der Waals surface area (Å²) in [6.07, 6.45) is 4.55. The van der Waals surface area contributed by atoms with E-state index < -0.39 is 15.9 Å². The molecule has 0 atom stereocenters. The van der Waals surface area contributed by atoms with Gasteiger partial charge in [0, 0.05) is 30.7 Å². The first-order valence-electron chi connectivity index (χ1n) is 8.97. The van der Waals surface area contributed by atoms with Crippen molar-refractivity contribution in [3.05, 3.63) is 72.1 Å². The van der Waals surface area contributed by atoms with Gasteiger partial charge in [0.25, 0.3) is 5.91 Å². The van der Waals surface area contributed by atoms with Gasteiger partial charge in [-0.1, -0.05) is 12.1 Å². The van der Waals surface area contributed by atoms with E-state index in [1.54, 1.807) is 23.0 Å². The first-order chi connectivity index (χ1) is 14.2. The molecule has 2 amide bonds. The Labute approximate surface area is 174 Å². The number of nitrogens with one attached hydrogen (secondary N) is 3. The van der Waals surface area contributed by atoms with Crippen LogP contribution in [0, 0.1) is 0 Å². The molecule has 0 radical (unpaired) electrons. The van der Waals surface area contributed by atoms with Gasteiger partial charge in [-0.25, -0.2) is 8.42 Å². The number of amides is 2. The molecular weight excluding hydrogens is 406 g/mol. The van der Waals surface area contributed by atoms with E-state index in [-0.39, 0.29) is 17.2 Å². The van der Waals surface area contributed by atoms with Crippen molar-refractivity contribution in [2.75, 3.05) is 21.6 Å². The monoisotopic (exact) mass is 427 g/mol. The number of anilines is 3. The van der Waals surface area contributed by atoms with Crippen LogP contribution < -0.4 is 15.4 Å². The third-order valence-electron chi connectivity index (χ3n) is 4.00. The summed E-state index contributed by atoms with van der Waals surface area (Å²) < 4.78 is 27.4. The number of rotatable bonds is 7. The summed E-state index contributed by atoms with van der Waals surface area (Å²) in [5, 5.41) is 9.47. The summed E-state index contributed by atoms with van der Waals surface area (Å²) in [5.41, 5.74) is 2.11. The van der Waals surface area contributed by atoms with Crippen LogP contribution in [0.5, 0.6) is 0 Å². The topological polar surface area (TPSA) is 122 Å². The second-order valence-electron chi connectivity index (χ2n) is 6.67. The third-order valence-corrected chi connectivity index (χ3v) is 4.59. The molecule has 0 aliphatic carbocycles. The number of carbonyl (C=O) groups excluding carboxylic acids is 2. The van der Waals surface area contributed by atoms with Crippen molar-refractivity contribution in [2.24, 2.45) is 0 Å². The first kappa shape index (κ1) is 21.1. The van der Waals surface area contributed by atoms with Crippen LogP contribution in [0.3, 0.4) is 0 Å². The molecule has 3 N–H and O–H groups in total. The molecule has 0 aliphatic rings. The SMILES string of the molecule is CC(=O)Nc1ccc(NS(C)(=O)=O)c(C(=O)Nc2ccc(Cn3cccn3)cc2)c1. The first-order valence-corrected chi connectivity index (χ1v) is 10.9. The maximum atomic E-state index is 12.8. The summed E-state index contributed by atoms with van der Waals surface area (Å²) in [4.78, 5) is 24.1. The van der Waals surface area contributed by atoms with Gasteiger partial charge in [0.05, 0.1) is 24.1 Å². The quantitative estimate of drug-likeness (QED) is 0.535. The molecule has 9 nitrogen and oxygen atoms in total. The summed E-state index contributed by atoms with van der Waals surface area (Å²) in [6.45, 7) is 1.94. The smallest absolute Gasteiger partial charge is 0.257 e. The second-order valence-corrected chi connectivity index (χ2v) is 8.42. The molecule has 0 aliphatic heterocycles. The zero-order valence-electron chi connectivity index (χ0n) is 16.4. The molecule has 0 spiro atoms. The van der Waals surface area contributed by atoms with E-state index in [9.17, 15) is 18.0 Å². The lowest BCUT2D eigenvalue weighted by molar-refractivity contribution is -0.114. The van der Waals surface area contributed by atoms with Gasteiger partial charge in [0.1, 0.15) is 0 Å². The Bertz CT molecular complexity index is 1160. The molecule has 0 saturated heterocycles. The second kappa shape index (κ2) is 8.78. The lowest BCUT2D eigenvalue weighted by Gasteiger charge is -2.13. The van der Waals surface area contributed by atoms with Gasteiger partial charge in [-0.3, -0.25) is 19.0 Å². The van der Waals surface area contributed by atoms with Crippen molar-refractivity contribution in [1.29, 1.82) is 0 Å². The lowest BCUT2D eigenvalue weighted by Crippen LogP contribution is -2.18. The lowest BCUT2D eigenvalue weighted by atomic mass is 10.1. The number of hydrogen-bond acceptors (Lipinski definition) is 5. The molecule has 1 aromatic heterocycles. The molecule has 2 aromatic carbocycles. The molecule has 0 saturated carbocycles. The average molecular weight is 427 g/mol. The van der Waals surface area contributed by atoms with E-state index in [0.717, 1.165) is 11.8 Å². The number of sulfonamides is 1. The third kappa shape index (κ3) is 5.92. The highest BCUT2D eigenvalue weighted by atomic mass is 32.2. The Kier molecular flexibility index (Phi) is 6.17. The van der Waals surface area contributed by atoms with E-state index in [2.05, 4.69) is 20.5 Å². The molecule has 1 heterocycles. The van der Waals surface area contributed by atoms with Crippen molar-refractivity contribution in [2.45, 2.75) is 13.5 Å². The minimum absolute atomic E-state index is 0.0762. The normalized spacial score (nSPS) is 11.0. The Morgan fingerprint density at radius 3 is 2.33 bits per heavy atom. The highest BCUT2D eigenvalue weighted by molar-refractivity contribution is 7.92. The summed E-state index contributed by atoms with van der Waals surface area (Å²) >= 11 is 0. The largest absolute Gasteiger partial charge is 0.326 e. The predicted molar refractivity (Wildman–Crippen MR) is 115 cm³/mol. The molecule has 3 rings (SSSR count). The van der Waals surface area contributed by atoms with Gasteiger partial charge in [0.2, 0.25) is 15.9 Å². The van der Waals surface area contributed by atoms with Crippen LogP contribution in [0.15, 0.2) is 60.9 Å². The van der Waals surface area contributed by atoms with Gasteiger partial charge >= 0.3 is 0 Å². The zero-order valence-corrected chi connectivity index (χ0v) is 17.2. The molecular formula is C20H21N5O4S. The van der Waals surface area contributed by atoms with E-state index in [1.165, 1.54) is 25.1 Å². The number of benzene rings is 2. The fourth-order valence-corrected chi connectivity index (χ4v) is 3.35. The molecule has 156 valence electrons. The highest BCUT2D eigenvalue weighted by Crippen LogP contribution is 2.23. The van der Waals surface area contributed by atoms with Crippen LogP contribution in [0.25, 0.3) is 0 Å². The summed E-state index contributed by atoms with van der Waals surface area (Å²) in [7, 11) is -3.60. The Hall–Kier alpha value is -3.66. The molecule has 30 heavy (non-hydrogen) atoms. The number of nitrogens with zero attached hydrogens (tertiary/aromatic N) is 2. The minimum atomic E-state index is -3.60. The highest BCUT2D eigenvalue weighted by Gasteiger charge is 2.16. The van der Waals surface area contributed by atoms with E-state index in [1.807, 2.05) is 24.4 Å². The van der Waals surface area contributed by atoms with Crippen LogP contribution in [0.2, 0.25) is 0 Å². The maximum Gasteiger partial charge on any atom is 0.257 e. The van der Waals surface area contributed by atoms with E-state index in [4.69, 9.17) is 0 Å². The van der Waals surface area contributed by atoms with Crippen molar-refractivity contribution in [1.82, 2.24) is 9.78 Å². The fraction of sp³-hybridized carbons (Fsp3) is 0.150. The predicted octanol–water partition coefficient (Wildman–Crippen LogP) is 2.51. The van der Waals surface area contributed by atoms with Crippen molar-refractivity contribution < 1.29 is 18.0 Å². The van der Waals surface area contributed by atoms with Crippen molar-refractivity contribution >= 4 is 38.9 Å². The molecule has 3 aromatic rings. The molecule has 0 bridgehead atoms. The number of aromatic nitrogens is 2. The van der Waals surface area contributed by atoms with E-state index in [0.29, 0.717) is 17.9 Å². The zero-order chi connectivity index (χ0) is 21.7. The summed E-state index contributed by atoms with van der Waals surface area (Å²) in [5.74, 6) is -0.828. The fourth-order valence-electron chi connectivity index (χ4n) is 2.77. The van der Waals surface area contributed by atoms with E-state index >= 15 is 0 Å². The van der Waals surface area contributed by atoms with Crippen LogP contribution >= 0.6 is 0 Å². The Morgan fingerprint density at radius 2 is 1.73 bits per heavy atom. The van der Waals surface area contributed by atoms with Crippen molar-refractivity contribution in [3.8, 4) is 0 Å². The van der Waals surface area contributed by atoms with Crippen molar-refractivity contribution in [3.63, 3.8) is 0 Å². The van der Waals surface area contributed by atoms with Gasteiger partial charge in [-0.05, 0) is 42.0 Å².